The quantitative estimate of drug-likeness (QED) is 0.322. The highest BCUT2D eigenvalue weighted by atomic mass is 32.2. The van der Waals surface area contributed by atoms with E-state index in [0.717, 1.165) is 18.1 Å². The van der Waals surface area contributed by atoms with Crippen LogP contribution in [0.5, 0.6) is 0 Å². The number of aliphatic hydroxyl groups excluding tert-OH is 2. The van der Waals surface area contributed by atoms with E-state index >= 15 is 0 Å². The van der Waals surface area contributed by atoms with Crippen molar-refractivity contribution in [3.8, 4) is 0 Å². The van der Waals surface area contributed by atoms with Crippen LogP contribution in [0, 0.1) is 0 Å². The molecule has 0 aliphatic carbocycles. The monoisotopic (exact) mass is 386 g/mol. The van der Waals surface area contributed by atoms with Gasteiger partial charge in [0.1, 0.15) is 0 Å². The molecule has 0 rings (SSSR count). The zero-order chi connectivity index (χ0) is 17.9. The van der Waals surface area contributed by atoms with Gasteiger partial charge >= 0.3 is 0 Å². The number of ether oxygens (including phenoxy) is 4. The number of rotatable bonds is 19. The second kappa shape index (κ2) is 19.8. The number of aliphatic hydroxyl groups is 2. The van der Waals surface area contributed by atoms with E-state index < -0.39 is 12.2 Å². The molecule has 0 fully saturated rings. The average Bonchev–Trinajstić information content (AvgIpc) is 2.59. The predicted molar refractivity (Wildman–Crippen MR) is 101 cm³/mol. The summed E-state index contributed by atoms with van der Waals surface area (Å²) in [6.45, 7) is 6.10. The maximum atomic E-state index is 9.77. The van der Waals surface area contributed by atoms with Crippen molar-refractivity contribution in [2.24, 2.45) is 0 Å². The molecular formula is C16H34O6S2. The van der Waals surface area contributed by atoms with Crippen molar-refractivity contribution in [3.05, 3.63) is 0 Å². The molecule has 0 radical (unpaired) electrons. The van der Waals surface area contributed by atoms with E-state index in [1.54, 1.807) is 23.5 Å². The Morgan fingerprint density at radius 1 is 0.750 bits per heavy atom. The van der Waals surface area contributed by atoms with Gasteiger partial charge in [0.25, 0.3) is 0 Å². The molecule has 2 unspecified atom stereocenters. The molecule has 146 valence electrons. The molecule has 8 heteroatoms. The molecule has 0 aromatic carbocycles. The minimum atomic E-state index is -0.480. The van der Waals surface area contributed by atoms with Crippen LogP contribution in [-0.2, 0) is 18.9 Å². The van der Waals surface area contributed by atoms with Crippen LogP contribution in [0.1, 0.15) is 13.3 Å². The fourth-order valence-electron chi connectivity index (χ4n) is 1.52. The lowest BCUT2D eigenvalue weighted by molar-refractivity contribution is -0.0134. The topological polar surface area (TPSA) is 77.4 Å². The molecule has 0 saturated heterocycles. The minimum Gasteiger partial charge on any atom is -0.391 e. The Labute approximate surface area is 155 Å². The fraction of sp³-hybridized carbons (Fsp3) is 1.00. The number of hydrogen-bond acceptors (Lipinski definition) is 8. The van der Waals surface area contributed by atoms with Crippen LogP contribution in [0.2, 0.25) is 0 Å². The van der Waals surface area contributed by atoms with Crippen molar-refractivity contribution in [2.75, 3.05) is 76.4 Å². The van der Waals surface area contributed by atoms with Crippen molar-refractivity contribution in [2.45, 2.75) is 25.6 Å². The molecule has 2 atom stereocenters. The SMILES string of the molecule is CCC(O)COCCOCC(O)CSCCOCCOCCSC. The Bertz CT molecular complexity index is 249. The molecule has 0 aromatic heterocycles. The van der Waals surface area contributed by atoms with E-state index in [0.29, 0.717) is 58.4 Å². The molecule has 0 aliphatic rings. The first-order chi connectivity index (χ1) is 11.7. The van der Waals surface area contributed by atoms with Crippen LogP contribution in [0.25, 0.3) is 0 Å². The molecule has 6 nitrogen and oxygen atoms in total. The van der Waals surface area contributed by atoms with Gasteiger partial charge < -0.3 is 29.2 Å². The maximum absolute atomic E-state index is 9.77. The van der Waals surface area contributed by atoms with E-state index in [-0.39, 0.29) is 0 Å². The molecule has 0 saturated carbocycles. The first kappa shape index (κ1) is 24.5. The molecule has 24 heavy (non-hydrogen) atoms. The first-order valence-electron chi connectivity index (χ1n) is 8.44. The highest BCUT2D eigenvalue weighted by Crippen LogP contribution is 2.03. The van der Waals surface area contributed by atoms with E-state index in [4.69, 9.17) is 18.9 Å². The van der Waals surface area contributed by atoms with Crippen LogP contribution in [0.4, 0.5) is 0 Å². The van der Waals surface area contributed by atoms with Crippen molar-refractivity contribution in [1.29, 1.82) is 0 Å². The molecule has 2 N–H and O–H groups in total. The second-order valence-electron chi connectivity index (χ2n) is 5.16. The van der Waals surface area contributed by atoms with Crippen molar-refractivity contribution >= 4 is 23.5 Å². The lowest BCUT2D eigenvalue weighted by atomic mass is 10.3. The third kappa shape index (κ3) is 18.8. The summed E-state index contributed by atoms with van der Waals surface area (Å²) in [5.74, 6) is 2.49. The van der Waals surface area contributed by atoms with E-state index in [9.17, 15) is 10.2 Å². The van der Waals surface area contributed by atoms with E-state index in [2.05, 4.69) is 6.26 Å². The largest absolute Gasteiger partial charge is 0.391 e. The summed E-state index contributed by atoms with van der Waals surface area (Å²) in [6, 6.07) is 0. The summed E-state index contributed by atoms with van der Waals surface area (Å²) in [7, 11) is 0. The standard InChI is InChI=1S/C16H34O6S2/c1-3-15(17)12-21-6-7-22-13-16(18)14-24-11-9-20-5-4-19-8-10-23-2/h15-18H,3-14H2,1-2H3. The van der Waals surface area contributed by atoms with E-state index in [1.165, 1.54) is 0 Å². The lowest BCUT2D eigenvalue weighted by Crippen LogP contribution is -2.21. The number of hydrogen-bond donors (Lipinski definition) is 2. The Hall–Kier alpha value is 0.460. The van der Waals surface area contributed by atoms with E-state index in [1.807, 2.05) is 6.92 Å². The van der Waals surface area contributed by atoms with Crippen LogP contribution in [-0.4, -0.2) is 98.8 Å². The third-order valence-electron chi connectivity index (χ3n) is 2.95. The Kier molecular flexibility index (Phi) is 20.2. The summed E-state index contributed by atoms with van der Waals surface area (Å²) >= 11 is 3.42. The van der Waals surface area contributed by atoms with Crippen LogP contribution in [0.15, 0.2) is 0 Å². The zero-order valence-electron chi connectivity index (χ0n) is 15.0. The molecular weight excluding hydrogens is 352 g/mol. The van der Waals surface area contributed by atoms with Gasteiger partial charge in [0.05, 0.1) is 65.1 Å². The molecule has 0 amide bonds. The molecule has 0 heterocycles. The van der Waals surface area contributed by atoms with Gasteiger partial charge in [0.2, 0.25) is 0 Å². The van der Waals surface area contributed by atoms with Crippen LogP contribution >= 0.6 is 23.5 Å². The minimum absolute atomic E-state index is 0.302. The van der Waals surface area contributed by atoms with Crippen LogP contribution < -0.4 is 0 Å². The molecule has 0 spiro atoms. The molecule has 0 aliphatic heterocycles. The number of thioether (sulfide) groups is 2. The third-order valence-corrected chi connectivity index (χ3v) is 4.60. The predicted octanol–water partition coefficient (Wildman–Crippen LogP) is 1.28. The second-order valence-corrected chi connectivity index (χ2v) is 7.29. The van der Waals surface area contributed by atoms with Gasteiger partial charge in [-0.25, -0.2) is 0 Å². The lowest BCUT2D eigenvalue weighted by Gasteiger charge is -2.12. The summed E-state index contributed by atoms with van der Waals surface area (Å²) in [5, 5.41) is 19.1. The highest BCUT2D eigenvalue weighted by molar-refractivity contribution is 7.99. The Morgan fingerprint density at radius 3 is 1.88 bits per heavy atom. The van der Waals surface area contributed by atoms with Crippen molar-refractivity contribution in [3.63, 3.8) is 0 Å². The van der Waals surface area contributed by atoms with Gasteiger partial charge in [0, 0.05) is 17.3 Å². The van der Waals surface area contributed by atoms with Gasteiger partial charge in [-0.15, -0.1) is 0 Å². The maximum Gasteiger partial charge on any atom is 0.0863 e. The van der Waals surface area contributed by atoms with Gasteiger partial charge in [-0.1, -0.05) is 6.92 Å². The normalized spacial score (nSPS) is 14.0. The summed E-state index contributed by atoms with van der Waals surface area (Å²) < 4.78 is 21.4. The zero-order valence-corrected chi connectivity index (χ0v) is 16.6. The van der Waals surface area contributed by atoms with Gasteiger partial charge in [0.15, 0.2) is 0 Å². The van der Waals surface area contributed by atoms with Gasteiger partial charge in [-0.05, 0) is 12.7 Å². The first-order valence-corrected chi connectivity index (χ1v) is 11.0. The van der Waals surface area contributed by atoms with Crippen molar-refractivity contribution in [1.82, 2.24) is 0 Å². The highest BCUT2D eigenvalue weighted by Gasteiger charge is 2.05. The molecule has 0 bridgehead atoms. The van der Waals surface area contributed by atoms with Gasteiger partial charge in [-0.2, -0.15) is 23.5 Å². The fourth-order valence-corrected chi connectivity index (χ4v) is 2.58. The van der Waals surface area contributed by atoms with Gasteiger partial charge in [-0.3, -0.25) is 0 Å². The summed E-state index contributed by atoms with van der Waals surface area (Å²) in [4.78, 5) is 0. The van der Waals surface area contributed by atoms with Crippen LogP contribution in [0.3, 0.4) is 0 Å². The average molecular weight is 387 g/mol. The summed E-state index contributed by atoms with van der Waals surface area (Å²) in [6.07, 6.45) is 1.86. The Morgan fingerprint density at radius 2 is 1.29 bits per heavy atom. The molecule has 0 aromatic rings. The summed E-state index contributed by atoms with van der Waals surface area (Å²) in [5.41, 5.74) is 0. The Balaban J connectivity index is 3.17. The smallest absolute Gasteiger partial charge is 0.0863 e. The van der Waals surface area contributed by atoms with Crippen molar-refractivity contribution < 1.29 is 29.2 Å².